The third-order valence-electron chi connectivity index (χ3n) is 1.25. The lowest BCUT2D eigenvalue weighted by Crippen LogP contribution is -2.39. The predicted molar refractivity (Wildman–Crippen MR) is 45.7 cm³/mol. The van der Waals surface area contributed by atoms with Gasteiger partial charge >= 0.3 is 18.0 Å². The smallest absolute Gasteiger partial charge is 0.325 e. The first-order valence-corrected chi connectivity index (χ1v) is 3.86. The summed E-state index contributed by atoms with van der Waals surface area (Å²) in [6.45, 7) is -0.224. The number of esters is 1. The van der Waals surface area contributed by atoms with E-state index in [0.717, 1.165) is 0 Å². The molecule has 7 nitrogen and oxygen atoms in total. The van der Waals surface area contributed by atoms with E-state index in [1.54, 1.807) is 0 Å². The lowest BCUT2D eigenvalue weighted by atomic mass is 10.4. The van der Waals surface area contributed by atoms with Gasteiger partial charge in [0.2, 0.25) is 0 Å². The van der Waals surface area contributed by atoms with Gasteiger partial charge in [-0.1, -0.05) is 0 Å². The summed E-state index contributed by atoms with van der Waals surface area (Å²) in [7, 11) is 1.20. The van der Waals surface area contributed by atoms with Crippen molar-refractivity contribution in [1.82, 2.24) is 10.6 Å². The van der Waals surface area contributed by atoms with Crippen LogP contribution in [-0.4, -0.2) is 43.3 Å². The van der Waals surface area contributed by atoms with Crippen molar-refractivity contribution in [2.75, 3.05) is 20.2 Å². The number of ether oxygens (including phenoxy) is 1. The summed E-state index contributed by atoms with van der Waals surface area (Å²) < 4.78 is 4.27. The maximum absolute atomic E-state index is 10.8. The van der Waals surface area contributed by atoms with Gasteiger partial charge < -0.3 is 20.5 Å². The van der Waals surface area contributed by atoms with Crippen LogP contribution in [0.2, 0.25) is 0 Å². The fourth-order valence-corrected chi connectivity index (χ4v) is 0.570. The number of amides is 2. The highest BCUT2D eigenvalue weighted by molar-refractivity contribution is 5.80. The Kier molecular flexibility index (Phi) is 5.84. The SMILES string of the molecule is COC(=O)CNC(=O)NCCC(=O)O. The first-order valence-electron chi connectivity index (χ1n) is 3.86. The average Bonchev–Trinajstić information content (AvgIpc) is 2.13. The van der Waals surface area contributed by atoms with Gasteiger partial charge in [0.25, 0.3) is 0 Å². The third kappa shape index (κ3) is 6.89. The molecule has 0 bridgehead atoms. The highest BCUT2D eigenvalue weighted by Crippen LogP contribution is 1.76. The maximum atomic E-state index is 10.8. The van der Waals surface area contributed by atoms with Crippen LogP contribution in [0.5, 0.6) is 0 Å². The number of carboxylic acid groups (broad SMARTS) is 1. The molecule has 0 aromatic carbocycles. The molecule has 0 aliphatic carbocycles. The van der Waals surface area contributed by atoms with Crippen molar-refractivity contribution in [2.45, 2.75) is 6.42 Å². The van der Waals surface area contributed by atoms with Gasteiger partial charge in [-0.25, -0.2) is 4.79 Å². The van der Waals surface area contributed by atoms with Crippen molar-refractivity contribution < 1.29 is 24.2 Å². The second-order valence-corrected chi connectivity index (χ2v) is 2.33. The monoisotopic (exact) mass is 204 g/mol. The van der Waals surface area contributed by atoms with Crippen LogP contribution in [0.25, 0.3) is 0 Å². The zero-order valence-electron chi connectivity index (χ0n) is 7.70. The van der Waals surface area contributed by atoms with Crippen molar-refractivity contribution >= 4 is 18.0 Å². The number of hydrogen-bond donors (Lipinski definition) is 3. The van der Waals surface area contributed by atoms with E-state index in [9.17, 15) is 14.4 Å². The Bertz CT molecular complexity index is 228. The Hall–Kier alpha value is -1.79. The Morgan fingerprint density at radius 3 is 2.43 bits per heavy atom. The molecule has 0 radical (unpaired) electrons. The number of hydrogen-bond acceptors (Lipinski definition) is 4. The molecule has 80 valence electrons. The molecule has 0 aromatic rings. The summed E-state index contributed by atoms with van der Waals surface area (Å²) in [5, 5.41) is 12.7. The van der Waals surface area contributed by atoms with E-state index in [2.05, 4.69) is 15.4 Å². The van der Waals surface area contributed by atoms with Gasteiger partial charge in [0.1, 0.15) is 6.54 Å². The Labute approximate surface area is 80.4 Å². The summed E-state index contributed by atoms with van der Waals surface area (Å²) >= 11 is 0. The number of rotatable bonds is 5. The van der Waals surface area contributed by atoms with Crippen LogP contribution in [0.3, 0.4) is 0 Å². The molecule has 0 heterocycles. The van der Waals surface area contributed by atoms with Crippen LogP contribution in [-0.2, 0) is 14.3 Å². The highest BCUT2D eigenvalue weighted by atomic mass is 16.5. The number of aliphatic carboxylic acids is 1. The summed E-state index contributed by atoms with van der Waals surface area (Å²) in [6.07, 6.45) is -0.161. The van der Waals surface area contributed by atoms with Crippen LogP contribution < -0.4 is 10.6 Å². The van der Waals surface area contributed by atoms with Crippen molar-refractivity contribution in [3.8, 4) is 0 Å². The normalized spacial score (nSPS) is 8.93. The highest BCUT2D eigenvalue weighted by Gasteiger charge is 2.04. The van der Waals surface area contributed by atoms with Crippen molar-refractivity contribution in [2.24, 2.45) is 0 Å². The molecule has 2 amide bonds. The fourth-order valence-electron chi connectivity index (χ4n) is 0.570. The Morgan fingerprint density at radius 1 is 1.29 bits per heavy atom. The van der Waals surface area contributed by atoms with Crippen LogP contribution in [0.4, 0.5) is 4.79 Å². The van der Waals surface area contributed by atoms with Crippen LogP contribution in [0.15, 0.2) is 0 Å². The standard InChI is InChI=1S/C7H12N2O5/c1-14-6(12)4-9-7(13)8-3-2-5(10)11/h2-4H2,1H3,(H,10,11)(H2,8,9,13). The minimum Gasteiger partial charge on any atom is -0.481 e. The van der Waals surface area contributed by atoms with Gasteiger partial charge in [-0.3, -0.25) is 9.59 Å². The first-order chi connectivity index (χ1) is 6.56. The van der Waals surface area contributed by atoms with Gasteiger partial charge in [0.15, 0.2) is 0 Å². The number of nitrogens with one attached hydrogen (secondary N) is 2. The van der Waals surface area contributed by atoms with E-state index in [1.165, 1.54) is 7.11 Å². The molecule has 0 aliphatic rings. The molecular formula is C7H12N2O5. The molecule has 0 aromatic heterocycles. The average molecular weight is 204 g/mol. The van der Waals surface area contributed by atoms with E-state index in [1.807, 2.05) is 0 Å². The first kappa shape index (κ1) is 12.2. The summed E-state index contributed by atoms with van der Waals surface area (Å²) in [5.74, 6) is -1.57. The summed E-state index contributed by atoms with van der Waals surface area (Å²) in [4.78, 5) is 31.4. The van der Waals surface area contributed by atoms with E-state index < -0.39 is 18.0 Å². The number of urea groups is 1. The number of carbonyl (C=O) groups is 3. The van der Waals surface area contributed by atoms with Crippen molar-refractivity contribution in [3.63, 3.8) is 0 Å². The van der Waals surface area contributed by atoms with Gasteiger partial charge in [-0.2, -0.15) is 0 Å². The minimum absolute atomic E-state index is 0.0162. The number of carboxylic acids is 1. The second-order valence-electron chi connectivity index (χ2n) is 2.33. The molecule has 0 fully saturated rings. The topological polar surface area (TPSA) is 105 Å². The largest absolute Gasteiger partial charge is 0.481 e. The fraction of sp³-hybridized carbons (Fsp3) is 0.571. The van der Waals surface area contributed by atoms with Crippen molar-refractivity contribution in [3.05, 3.63) is 0 Å². The van der Waals surface area contributed by atoms with Gasteiger partial charge in [0.05, 0.1) is 13.5 Å². The number of carbonyl (C=O) groups excluding carboxylic acids is 2. The summed E-state index contributed by atoms with van der Waals surface area (Å²) in [6, 6.07) is -0.600. The molecule has 7 heteroatoms. The van der Waals surface area contributed by atoms with Gasteiger partial charge in [-0.15, -0.1) is 0 Å². The molecule has 0 aliphatic heterocycles. The van der Waals surface area contributed by atoms with E-state index in [0.29, 0.717) is 0 Å². The molecule has 3 N–H and O–H groups in total. The molecule has 0 saturated carbocycles. The quantitative estimate of drug-likeness (QED) is 0.495. The Balaban J connectivity index is 3.46. The zero-order valence-corrected chi connectivity index (χ0v) is 7.70. The number of methoxy groups -OCH3 is 1. The predicted octanol–water partition coefficient (Wildman–Crippen LogP) is -1.07. The lowest BCUT2D eigenvalue weighted by Gasteiger charge is -2.04. The molecule has 14 heavy (non-hydrogen) atoms. The van der Waals surface area contributed by atoms with E-state index in [-0.39, 0.29) is 19.5 Å². The molecule has 0 rings (SSSR count). The van der Waals surface area contributed by atoms with Gasteiger partial charge in [0, 0.05) is 6.54 Å². The van der Waals surface area contributed by atoms with Gasteiger partial charge in [-0.05, 0) is 0 Å². The maximum Gasteiger partial charge on any atom is 0.325 e. The molecule has 0 unspecified atom stereocenters. The zero-order chi connectivity index (χ0) is 11.0. The molecule has 0 spiro atoms. The molecule has 0 atom stereocenters. The lowest BCUT2D eigenvalue weighted by molar-refractivity contribution is -0.139. The van der Waals surface area contributed by atoms with E-state index in [4.69, 9.17) is 5.11 Å². The van der Waals surface area contributed by atoms with Crippen LogP contribution in [0.1, 0.15) is 6.42 Å². The second kappa shape index (κ2) is 6.70. The minimum atomic E-state index is -1.00. The van der Waals surface area contributed by atoms with Crippen LogP contribution >= 0.6 is 0 Å². The third-order valence-corrected chi connectivity index (χ3v) is 1.25. The van der Waals surface area contributed by atoms with E-state index >= 15 is 0 Å². The van der Waals surface area contributed by atoms with Crippen molar-refractivity contribution in [1.29, 1.82) is 0 Å². The summed E-state index contributed by atoms with van der Waals surface area (Å²) in [5.41, 5.74) is 0. The van der Waals surface area contributed by atoms with Crippen LogP contribution in [0, 0.1) is 0 Å². The Morgan fingerprint density at radius 2 is 1.93 bits per heavy atom. The molecular weight excluding hydrogens is 192 g/mol. The molecule has 0 saturated heterocycles.